The van der Waals surface area contributed by atoms with Gasteiger partial charge in [0.25, 0.3) is 0 Å². The summed E-state index contributed by atoms with van der Waals surface area (Å²) in [7, 11) is 0. The van der Waals surface area contributed by atoms with Crippen LogP contribution in [0.1, 0.15) is 63.9 Å². The first kappa shape index (κ1) is 29.1. The van der Waals surface area contributed by atoms with Crippen molar-refractivity contribution in [1.29, 1.82) is 0 Å². The molecule has 0 aliphatic carbocycles. The van der Waals surface area contributed by atoms with E-state index in [9.17, 15) is 29.6 Å². The van der Waals surface area contributed by atoms with Crippen LogP contribution in [0.3, 0.4) is 0 Å². The molecule has 1 rings (SSSR count). The van der Waals surface area contributed by atoms with Crippen LogP contribution in [-0.2, 0) is 25.6 Å². The molecule has 0 aromatic heterocycles. The normalized spacial score (nSPS) is 10.4. The van der Waals surface area contributed by atoms with Gasteiger partial charge in [0.1, 0.15) is 0 Å². The van der Waals surface area contributed by atoms with Crippen LogP contribution in [-0.4, -0.2) is 70.3 Å². The molecule has 0 heterocycles. The van der Waals surface area contributed by atoms with Crippen LogP contribution >= 0.6 is 0 Å². The van der Waals surface area contributed by atoms with Gasteiger partial charge in [-0.3, -0.25) is 29.6 Å². The molecule has 0 saturated carbocycles. The number of benzene rings is 1. The van der Waals surface area contributed by atoms with Gasteiger partial charge in [-0.1, -0.05) is 30.3 Å². The lowest BCUT2D eigenvalue weighted by atomic mass is 10.1. The molecule has 0 atom stereocenters. The van der Waals surface area contributed by atoms with Crippen molar-refractivity contribution in [3.63, 3.8) is 0 Å². The summed E-state index contributed by atoms with van der Waals surface area (Å²) in [5, 5.41) is 26.4. The number of carbonyl (C=O) groups is 4. The number of hydrogen-bond acceptors (Lipinski definition) is 6. The Labute approximate surface area is 201 Å². The van der Waals surface area contributed by atoms with Gasteiger partial charge in [0.15, 0.2) is 0 Å². The van der Waals surface area contributed by atoms with E-state index in [1.54, 1.807) is 0 Å². The first-order valence-electron chi connectivity index (χ1n) is 11.8. The Kier molecular flexibility index (Phi) is 14.9. The Morgan fingerprint density at radius 2 is 1.29 bits per heavy atom. The standard InChI is InChI=1S/C24H38N4O6/c1-20(29)25-15-7-3-9-17-27(33)23(31)14-13-22(30)26-16-8-4-10-18-28(34)24(32)19-21-11-5-2-6-12-21/h2,5-6,11-12,33-34H,3-4,7-10,13-19H2,1H3,(H,25,29)(H,26,30). The van der Waals surface area contributed by atoms with Crippen molar-refractivity contribution in [2.75, 3.05) is 26.2 Å². The summed E-state index contributed by atoms with van der Waals surface area (Å²) in [6.45, 7) is 2.88. The van der Waals surface area contributed by atoms with E-state index in [0.29, 0.717) is 37.4 Å². The molecule has 10 heteroatoms. The second kappa shape index (κ2) is 17.5. The second-order valence-corrected chi connectivity index (χ2v) is 8.15. The maximum absolute atomic E-state index is 12.0. The average molecular weight is 479 g/mol. The fourth-order valence-corrected chi connectivity index (χ4v) is 3.17. The highest BCUT2D eigenvalue weighted by molar-refractivity contribution is 5.83. The Hall–Kier alpha value is -2.98. The number of nitrogens with one attached hydrogen (secondary N) is 2. The van der Waals surface area contributed by atoms with Crippen molar-refractivity contribution in [1.82, 2.24) is 20.8 Å². The second-order valence-electron chi connectivity index (χ2n) is 8.15. The van der Waals surface area contributed by atoms with Crippen molar-refractivity contribution in [3.8, 4) is 0 Å². The van der Waals surface area contributed by atoms with Crippen LogP contribution in [0, 0.1) is 0 Å². The van der Waals surface area contributed by atoms with Crippen molar-refractivity contribution < 1.29 is 29.6 Å². The van der Waals surface area contributed by atoms with E-state index >= 15 is 0 Å². The van der Waals surface area contributed by atoms with Crippen molar-refractivity contribution in [3.05, 3.63) is 35.9 Å². The molecule has 0 fully saturated rings. The molecule has 1 aromatic carbocycles. The number of carbonyl (C=O) groups excluding carboxylic acids is 4. The molecule has 0 saturated heterocycles. The summed E-state index contributed by atoms with van der Waals surface area (Å²) in [5.74, 6) is -1.20. The van der Waals surface area contributed by atoms with E-state index in [-0.39, 0.29) is 50.1 Å². The highest BCUT2D eigenvalue weighted by atomic mass is 16.5. The Bertz CT molecular complexity index is 759. The number of nitrogens with zero attached hydrogens (tertiary/aromatic N) is 2. The van der Waals surface area contributed by atoms with Crippen LogP contribution in [0.4, 0.5) is 0 Å². The third kappa shape index (κ3) is 14.2. The number of rotatable bonds is 17. The Balaban J connectivity index is 2.02. The molecule has 4 amide bonds. The summed E-state index contributed by atoms with van der Waals surface area (Å²) < 4.78 is 0. The molecule has 0 aliphatic heterocycles. The van der Waals surface area contributed by atoms with Gasteiger partial charge in [-0.15, -0.1) is 0 Å². The van der Waals surface area contributed by atoms with Gasteiger partial charge in [0.05, 0.1) is 6.42 Å². The maximum atomic E-state index is 12.0. The third-order valence-electron chi connectivity index (χ3n) is 5.13. The van der Waals surface area contributed by atoms with Crippen LogP contribution in [0.15, 0.2) is 30.3 Å². The zero-order valence-corrected chi connectivity index (χ0v) is 20.0. The number of amides is 4. The molecule has 0 unspecified atom stereocenters. The van der Waals surface area contributed by atoms with Gasteiger partial charge in [0, 0.05) is 45.9 Å². The molecular weight excluding hydrogens is 440 g/mol. The largest absolute Gasteiger partial charge is 0.356 e. The molecule has 0 aliphatic rings. The van der Waals surface area contributed by atoms with E-state index in [1.165, 1.54) is 6.92 Å². The highest BCUT2D eigenvalue weighted by Gasteiger charge is 2.13. The van der Waals surface area contributed by atoms with Crippen LogP contribution < -0.4 is 10.6 Å². The van der Waals surface area contributed by atoms with Gasteiger partial charge < -0.3 is 10.6 Å². The van der Waals surface area contributed by atoms with E-state index in [2.05, 4.69) is 10.6 Å². The van der Waals surface area contributed by atoms with Gasteiger partial charge >= 0.3 is 0 Å². The van der Waals surface area contributed by atoms with E-state index in [4.69, 9.17) is 0 Å². The monoisotopic (exact) mass is 478 g/mol. The average Bonchev–Trinajstić information content (AvgIpc) is 2.81. The molecule has 0 radical (unpaired) electrons. The van der Waals surface area contributed by atoms with Gasteiger partial charge in [-0.2, -0.15) is 0 Å². The molecule has 0 spiro atoms. The summed E-state index contributed by atoms with van der Waals surface area (Å²) in [6, 6.07) is 9.21. The predicted octanol–water partition coefficient (Wildman–Crippen LogP) is 2.04. The zero-order chi connectivity index (χ0) is 25.2. The quantitative estimate of drug-likeness (QED) is 0.153. The first-order chi connectivity index (χ1) is 16.3. The molecule has 190 valence electrons. The fraction of sp³-hybridized carbons (Fsp3) is 0.583. The molecule has 1 aromatic rings. The Morgan fingerprint density at radius 3 is 1.88 bits per heavy atom. The molecule has 10 nitrogen and oxygen atoms in total. The topological polar surface area (TPSA) is 139 Å². The number of hydrogen-bond donors (Lipinski definition) is 4. The summed E-state index contributed by atoms with van der Waals surface area (Å²) >= 11 is 0. The summed E-state index contributed by atoms with van der Waals surface area (Å²) in [6.07, 6.45) is 4.23. The summed E-state index contributed by atoms with van der Waals surface area (Å²) in [5.41, 5.74) is 0.843. The van der Waals surface area contributed by atoms with Crippen molar-refractivity contribution in [2.24, 2.45) is 0 Å². The lowest BCUT2D eigenvalue weighted by Gasteiger charge is -2.15. The van der Waals surface area contributed by atoms with Gasteiger partial charge in [-0.05, 0) is 44.1 Å². The molecule has 4 N–H and O–H groups in total. The first-order valence-corrected chi connectivity index (χ1v) is 11.8. The van der Waals surface area contributed by atoms with Crippen molar-refractivity contribution >= 4 is 23.6 Å². The highest BCUT2D eigenvalue weighted by Crippen LogP contribution is 2.04. The van der Waals surface area contributed by atoms with Gasteiger partial charge in [0.2, 0.25) is 23.6 Å². The maximum Gasteiger partial charge on any atom is 0.250 e. The van der Waals surface area contributed by atoms with E-state index in [1.807, 2.05) is 30.3 Å². The fourth-order valence-electron chi connectivity index (χ4n) is 3.17. The minimum atomic E-state index is -0.500. The lowest BCUT2D eigenvalue weighted by Crippen LogP contribution is -2.31. The smallest absolute Gasteiger partial charge is 0.250 e. The lowest BCUT2D eigenvalue weighted by molar-refractivity contribution is -0.166. The molecule has 34 heavy (non-hydrogen) atoms. The third-order valence-corrected chi connectivity index (χ3v) is 5.13. The van der Waals surface area contributed by atoms with Gasteiger partial charge in [-0.25, -0.2) is 10.1 Å². The molecular formula is C24H38N4O6. The Morgan fingerprint density at radius 1 is 0.735 bits per heavy atom. The van der Waals surface area contributed by atoms with Crippen LogP contribution in [0.25, 0.3) is 0 Å². The molecule has 0 bridgehead atoms. The minimum absolute atomic E-state index is 0.00314. The SMILES string of the molecule is CC(=O)NCCCCCN(O)C(=O)CCC(=O)NCCCCCN(O)C(=O)Cc1ccccc1. The minimum Gasteiger partial charge on any atom is -0.356 e. The van der Waals surface area contributed by atoms with Crippen LogP contribution in [0.5, 0.6) is 0 Å². The van der Waals surface area contributed by atoms with E-state index in [0.717, 1.165) is 29.9 Å². The van der Waals surface area contributed by atoms with Crippen molar-refractivity contribution in [2.45, 2.75) is 64.7 Å². The zero-order valence-electron chi connectivity index (χ0n) is 20.0. The number of hydroxylamine groups is 4. The van der Waals surface area contributed by atoms with E-state index < -0.39 is 5.91 Å². The van der Waals surface area contributed by atoms with Crippen LogP contribution in [0.2, 0.25) is 0 Å². The summed E-state index contributed by atoms with van der Waals surface area (Å²) in [4.78, 5) is 46.5. The predicted molar refractivity (Wildman–Crippen MR) is 126 cm³/mol. The number of unbranched alkanes of at least 4 members (excludes halogenated alkanes) is 4.